The van der Waals surface area contributed by atoms with Gasteiger partial charge in [0, 0.05) is 6.92 Å². The van der Waals surface area contributed by atoms with Crippen molar-refractivity contribution >= 4 is 5.97 Å². The van der Waals surface area contributed by atoms with Crippen molar-refractivity contribution in [1.29, 1.82) is 0 Å². The molecule has 0 aromatic carbocycles. The second kappa shape index (κ2) is 5.87. The van der Waals surface area contributed by atoms with Crippen LogP contribution in [0.15, 0.2) is 0 Å². The summed E-state index contributed by atoms with van der Waals surface area (Å²) in [4.78, 5) is 10.3. The number of rotatable bonds is 5. The predicted octanol–water partition coefficient (Wildman–Crippen LogP) is -2.38. The van der Waals surface area contributed by atoms with E-state index in [0.29, 0.717) is 0 Å². The molecule has 0 bridgehead atoms. The van der Waals surface area contributed by atoms with Crippen LogP contribution in [-0.4, -0.2) is 57.9 Å². The van der Waals surface area contributed by atoms with Crippen LogP contribution >= 0.6 is 0 Å². The van der Waals surface area contributed by atoms with Gasteiger partial charge in [0.15, 0.2) is 0 Å². The van der Waals surface area contributed by atoms with Crippen LogP contribution in [0.4, 0.5) is 0 Å². The Morgan fingerprint density at radius 3 is 2.23 bits per heavy atom. The lowest BCUT2D eigenvalue weighted by atomic mass is 10.1. The summed E-state index contributed by atoms with van der Waals surface area (Å²) in [5, 5.41) is 35.4. The predicted molar refractivity (Wildman–Crippen MR) is 41.7 cm³/mol. The van der Waals surface area contributed by atoms with Gasteiger partial charge >= 0.3 is 5.97 Å². The van der Waals surface area contributed by atoms with Crippen LogP contribution in [-0.2, 0) is 9.53 Å². The summed E-state index contributed by atoms with van der Waals surface area (Å²) in [7, 11) is 0. The molecule has 0 aliphatic heterocycles. The zero-order valence-electron chi connectivity index (χ0n) is 7.25. The maximum absolute atomic E-state index is 10.3. The summed E-state index contributed by atoms with van der Waals surface area (Å²) in [5.74, 6) is -0.593. The molecule has 0 unspecified atom stereocenters. The highest BCUT2D eigenvalue weighted by Crippen LogP contribution is 2.00. The monoisotopic (exact) mass is 194 g/mol. The average molecular weight is 194 g/mol. The molecule has 0 saturated heterocycles. The van der Waals surface area contributed by atoms with Crippen LogP contribution in [0.25, 0.3) is 0 Å². The summed E-state index contributed by atoms with van der Waals surface area (Å²) in [6, 6.07) is 0. The molecular formula is C7H14O6. The van der Waals surface area contributed by atoms with E-state index in [1.54, 1.807) is 0 Å². The van der Waals surface area contributed by atoms with Gasteiger partial charge in [-0.15, -0.1) is 0 Å². The first-order chi connectivity index (χ1) is 5.99. The summed E-state index contributed by atoms with van der Waals surface area (Å²) in [6.07, 6.45) is -4.36. The van der Waals surface area contributed by atoms with E-state index in [-0.39, 0.29) is 0 Å². The second-order valence-electron chi connectivity index (χ2n) is 2.61. The van der Waals surface area contributed by atoms with Crippen LogP contribution in [0.5, 0.6) is 0 Å². The Labute approximate surface area is 75.4 Å². The molecule has 3 atom stereocenters. The molecule has 0 spiro atoms. The number of carbonyl (C=O) groups excluding carboxylic acids is 1. The Bertz CT molecular complexity index is 159. The fourth-order valence-electron chi connectivity index (χ4n) is 0.666. The fourth-order valence-corrected chi connectivity index (χ4v) is 0.666. The number of carbonyl (C=O) groups is 1. The molecule has 13 heavy (non-hydrogen) atoms. The summed E-state index contributed by atoms with van der Waals surface area (Å²) in [5.41, 5.74) is 0. The largest absolute Gasteiger partial charge is 0.463 e. The van der Waals surface area contributed by atoms with Crippen molar-refractivity contribution in [3.63, 3.8) is 0 Å². The lowest BCUT2D eigenvalue weighted by Gasteiger charge is -2.20. The standard InChI is InChI=1S/C7H14O6/c1-4(9)13-3-6(11)7(12)5(10)2-8/h5-8,10-12H,2-3H2,1H3/t5-,6-,7-/m0/s1. The van der Waals surface area contributed by atoms with Crippen LogP contribution in [0, 0.1) is 0 Å². The maximum atomic E-state index is 10.3. The Hall–Kier alpha value is -0.690. The highest BCUT2D eigenvalue weighted by molar-refractivity contribution is 5.65. The van der Waals surface area contributed by atoms with E-state index in [9.17, 15) is 4.79 Å². The first-order valence-corrected chi connectivity index (χ1v) is 3.77. The van der Waals surface area contributed by atoms with Gasteiger partial charge in [-0.2, -0.15) is 0 Å². The lowest BCUT2D eigenvalue weighted by Crippen LogP contribution is -2.42. The van der Waals surface area contributed by atoms with Gasteiger partial charge in [-0.3, -0.25) is 4.79 Å². The minimum atomic E-state index is -1.52. The number of esters is 1. The quantitative estimate of drug-likeness (QED) is 0.364. The van der Waals surface area contributed by atoms with Crippen molar-refractivity contribution in [2.75, 3.05) is 13.2 Å². The van der Waals surface area contributed by atoms with Crippen molar-refractivity contribution in [3.05, 3.63) is 0 Å². The number of ether oxygens (including phenoxy) is 1. The molecule has 0 aliphatic carbocycles. The van der Waals surface area contributed by atoms with Gasteiger partial charge in [0.1, 0.15) is 24.9 Å². The van der Waals surface area contributed by atoms with Gasteiger partial charge in [-0.1, -0.05) is 0 Å². The molecule has 0 saturated carbocycles. The lowest BCUT2D eigenvalue weighted by molar-refractivity contribution is -0.149. The molecule has 4 N–H and O–H groups in total. The third-order valence-corrected chi connectivity index (χ3v) is 1.43. The fraction of sp³-hybridized carbons (Fsp3) is 0.857. The van der Waals surface area contributed by atoms with Crippen LogP contribution in [0.1, 0.15) is 6.92 Å². The Kier molecular flexibility index (Phi) is 5.56. The Balaban J connectivity index is 3.81. The van der Waals surface area contributed by atoms with Crippen LogP contribution in [0.2, 0.25) is 0 Å². The minimum Gasteiger partial charge on any atom is -0.463 e. The maximum Gasteiger partial charge on any atom is 0.302 e. The van der Waals surface area contributed by atoms with Crippen LogP contribution < -0.4 is 0 Å². The topological polar surface area (TPSA) is 107 Å². The second-order valence-corrected chi connectivity index (χ2v) is 2.61. The van der Waals surface area contributed by atoms with Crippen molar-refractivity contribution in [3.8, 4) is 0 Å². The first kappa shape index (κ1) is 12.3. The van der Waals surface area contributed by atoms with Crippen molar-refractivity contribution < 1.29 is 30.0 Å². The van der Waals surface area contributed by atoms with Crippen molar-refractivity contribution in [1.82, 2.24) is 0 Å². The zero-order valence-corrected chi connectivity index (χ0v) is 7.25. The summed E-state index contributed by atoms with van der Waals surface area (Å²) >= 11 is 0. The highest BCUT2D eigenvalue weighted by Gasteiger charge is 2.24. The molecule has 0 radical (unpaired) electrons. The van der Waals surface area contributed by atoms with Gasteiger partial charge < -0.3 is 25.2 Å². The van der Waals surface area contributed by atoms with Gasteiger partial charge in [0.25, 0.3) is 0 Å². The van der Waals surface area contributed by atoms with E-state index < -0.39 is 37.5 Å². The van der Waals surface area contributed by atoms with Gasteiger partial charge in [-0.25, -0.2) is 0 Å². The van der Waals surface area contributed by atoms with Crippen molar-refractivity contribution in [2.45, 2.75) is 25.2 Å². The van der Waals surface area contributed by atoms with Gasteiger partial charge in [0.2, 0.25) is 0 Å². The van der Waals surface area contributed by atoms with Crippen molar-refractivity contribution in [2.24, 2.45) is 0 Å². The summed E-state index contributed by atoms with van der Waals surface area (Å²) < 4.78 is 4.38. The third kappa shape index (κ3) is 4.79. The number of aliphatic hydroxyl groups is 4. The molecule has 0 aliphatic rings. The van der Waals surface area contributed by atoms with E-state index in [1.165, 1.54) is 0 Å². The highest BCUT2D eigenvalue weighted by atomic mass is 16.5. The molecule has 6 nitrogen and oxygen atoms in total. The van der Waals surface area contributed by atoms with Gasteiger partial charge in [-0.05, 0) is 0 Å². The summed E-state index contributed by atoms with van der Waals surface area (Å²) in [6.45, 7) is 0.0768. The molecular weight excluding hydrogens is 180 g/mol. The molecule has 0 amide bonds. The minimum absolute atomic E-state index is 0.409. The smallest absolute Gasteiger partial charge is 0.302 e. The Morgan fingerprint density at radius 2 is 1.85 bits per heavy atom. The molecule has 6 heteroatoms. The van der Waals surface area contributed by atoms with E-state index in [1.807, 2.05) is 0 Å². The van der Waals surface area contributed by atoms with E-state index in [0.717, 1.165) is 6.92 Å². The van der Waals surface area contributed by atoms with Gasteiger partial charge in [0.05, 0.1) is 6.61 Å². The third-order valence-electron chi connectivity index (χ3n) is 1.43. The molecule has 0 fully saturated rings. The van der Waals surface area contributed by atoms with E-state index in [2.05, 4.69) is 4.74 Å². The number of hydrogen-bond acceptors (Lipinski definition) is 6. The molecule has 0 rings (SSSR count). The Morgan fingerprint density at radius 1 is 1.31 bits per heavy atom. The van der Waals surface area contributed by atoms with Crippen LogP contribution in [0.3, 0.4) is 0 Å². The molecule has 0 aromatic rings. The average Bonchev–Trinajstić information content (AvgIpc) is 2.11. The molecule has 0 heterocycles. The first-order valence-electron chi connectivity index (χ1n) is 3.77. The number of aliphatic hydroxyl groups excluding tert-OH is 4. The normalized spacial score (nSPS) is 17.6. The SMILES string of the molecule is CC(=O)OC[C@H](O)[C@@H](O)[C@@H](O)CO. The number of hydrogen-bond donors (Lipinski definition) is 4. The van der Waals surface area contributed by atoms with E-state index >= 15 is 0 Å². The zero-order chi connectivity index (χ0) is 10.4. The molecule has 0 aromatic heterocycles. The van der Waals surface area contributed by atoms with E-state index in [4.69, 9.17) is 20.4 Å². The molecule has 78 valence electrons.